The van der Waals surface area contributed by atoms with Crippen molar-refractivity contribution in [2.45, 2.75) is 6.42 Å². The average molecular weight is 346 g/mol. The van der Waals surface area contributed by atoms with Gasteiger partial charge in [-0.15, -0.1) is 0 Å². The molecule has 5 nitrogen and oxygen atoms in total. The lowest BCUT2D eigenvalue weighted by Gasteiger charge is -2.02. The molecule has 24 heavy (non-hydrogen) atoms. The average Bonchev–Trinajstić information content (AvgIpc) is 3.07. The molecule has 1 aromatic heterocycles. The maximum atomic E-state index is 12.8. The molecule has 0 aliphatic carbocycles. The summed E-state index contributed by atoms with van der Waals surface area (Å²) in [4.78, 5) is 16.1. The molecule has 1 N–H and O–H groups in total. The topological polar surface area (TPSA) is 68.0 Å². The number of benzene rings is 2. The van der Waals surface area contributed by atoms with Crippen LogP contribution in [0.3, 0.4) is 0 Å². The number of nitrogens with one attached hydrogen (secondary N) is 1. The van der Waals surface area contributed by atoms with E-state index in [0.29, 0.717) is 29.4 Å². The van der Waals surface area contributed by atoms with Crippen molar-refractivity contribution < 1.29 is 13.7 Å². The Bertz CT molecular complexity index is 832. The first kappa shape index (κ1) is 16.1. The van der Waals surface area contributed by atoms with E-state index in [1.807, 2.05) is 0 Å². The highest BCUT2D eigenvalue weighted by molar-refractivity contribution is 6.30. The van der Waals surface area contributed by atoms with E-state index in [4.69, 9.17) is 16.1 Å². The van der Waals surface area contributed by atoms with E-state index in [1.54, 1.807) is 36.4 Å². The molecule has 0 radical (unpaired) electrons. The Morgan fingerprint density at radius 2 is 1.83 bits per heavy atom. The molecule has 0 saturated heterocycles. The van der Waals surface area contributed by atoms with Crippen LogP contribution < -0.4 is 5.32 Å². The highest BCUT2D eigenvalue weighted by Crippen LogP contribution is 2.18. The molecule has 3 aromatic rings. The number of hydrogen-bond donors (Lipinski definition) is 1. The second-order valence-corrected chi connectivity index (χ2v) is 5.50. The summed E-state index contributed by atoms with van der Waals surface area (Å²) < 4.78 is 17.8. The zero-order valence-electron chi connectivity index (χ0n) is 12.5. The van der Waals surface area contributed by atoms with Gasteiger partial charge in [0.25, 0.3) is 0 Å². The Kier molecular flexibility index (Phi) is 4.86. The van der Waals surface area contributed by atoms with Crippen LogP contribution in [-0.4, -0.2) is 22.6 Å². The Morgan fingerprint density at radius 3 is 2.54 bits per heavy atom. The van der Waals surface area contributed by atoms with E-state index < -0.39 is 5.91 Å². The minimum Gasteiger partial charge on any atom is -0.347 e. The lowest BCUT2D eigenvalue weighted by molar-refractivity contribution is 0.0910. The Hall–Kier alpha value is -2.73. The molecule has 1 amide bonds. The number of carbonyl (C=O) groups excluding carboxylic acids is 1. The largest absolute Gasteiger partial charge is 0.347 e. The van der Waals surface area contributed by atoms with Gasteiger partial charge in [0.15, 0.2) is 0 Å². The molecule has 3 rings (SSSR count). The van der Waals surface area contributed by atoms with Crippen LogP contribution in [0.15, 0.2) is 53.1 Å². The molecule has 0 fully saturated rings. The van der Waals surface area contributed by atoms with Gasteiger partial charge < -0.3 is 9.84 Å². The minimum atomic E-state index is -0.454. The van der Waals surface area contributed by atoms with Crippen LogP contribution in [0.25, 0.3) is 11.4 Å². The highest BCUT2D eigenvalue weighted by Gasteiger charge is 2.15. The number of halogens is 2. The van der Waals surface area contributed by atoms with Gasteiger partial charge in [-0.25, -0.2) is 4.39 Å². The molecular formula is C17H13ClFN3O2. The summed E-state index contributed by atoms with van der Waals surface area (Å²) in [7, 11) is 0. The molecule has 0 bridgehead atoms. The standard InChI is InChI=1S/C17H13ClFN3O2/c18-13-5-3-12(4-6-13)15-21-17(24-22-15)16(23)20-10-9-11-1-7-14(19)8-2-11/h1-8H,9-10H2,(H,20,23). The molecule has 0 aliphatic heterocycles. The highest BCUT2D eigenvalue weighted by atomic mass is 35.5. The van der Waals surface area contributed by atoms with Crippen molar-refractivity contribution in [3.8, 4) is 11.4 Å². The lowest BCUT2D eigenvalue weighted by atomic mass is 10.1. The summed E-state index contributed by atoms with van der Waals surface area (Å²) in [5.74, 6) is -0.539. The van der Waals surface area contributed by atoms with Crippen molar-refractivity contribution in [3.63, 3.8) is 0 Å². The van der Waals surface area contributed by atoms with Crippen LogP contribution in [-0.2, 0) is 6.42 Å². The lowest BCUT2D eigenvalue weighted by Crippen LogP contribution is -2.26. The van der Waals surface area contributed by atoms with Crippen molar-refractivity contribution in [3.05, 3.63) is 70.8 Å². The van der Waals surface area contributed by atoms with Crippen LogP contribution in [0.5, 0.6) is 0 Å². The van der Waals surface area contributed by atoms with Crippen LogP contribution in [0.4, 0.5) is 4.39 Å². The molecule has 0 spiro atoms. The number of hydrogen-bond acceptors (Lipinski definition) is 4. The van der Waals surface area contributed by atoms with Gasteiger partial charge in [-0.1, -0.05) is 28.9 Å². The normalized spacial score (nSPS) is 10.6. The summed E-state index contributed by atoms with van der Waals surface area (Å²) in [6, 6.07) is 13.0. The first-order chi connectivity index (χ1) is 11.6. The van der Waals surface area contributed by atoms with Gasteiger partial charge in [0.1, 0.15) is 5.82 Å². The molecule has 0 unspecified atom stereocenters. The fourth-order valence-electron chi connectivity index (χ4n) is 2.08. The quantitative estimate of drug-likeness (QED) is 0.768. The van der Waals surface area contributed by atoms with E-state index in [-0.39, 0.29) is 11.7 Å². The zero-order chi connectivity index (χ0) is 16.9. The summed E-state index contributed by atoms with van der Waals surface area (Å²) in [6.07, 6.45) is 0.574. The van der Waals surface area contributed by atoms with Gasteiger partial charge in [-0.3, -0.25) is 4.79 Å². The molecule has 122 valence electrons. The smallest absolute Gasteiger partial charge is 0.316 e. The van der Waals surface area contributed by atoms with E-state index >= 15 is 0 Å². The number of amides is 1. The van der Waals surface area contributed by atoms with Crippen LogP contribution >= 0.6 is 11.6 Å². The fraction of sp³-hybridized carbons (Fsp3) is 0.118. The first-order valence-electron chi connectivity index (χ1n) is 7.24. The van der Waals surface area contributed by atoms with Gasteiger partial charge in [0, 0.05) is 17.1 Å². The monoisotopic (exact) mass is 345 g/mol. The Balaban J connectivity index is 1.57. The third-order valence-corrected chi connectivity index (χ3v) is 3.59. The van der Waals surface area contributed by atoms with Crippen molar-refractivity contribution in [1.29, 1.82) is 0 Å². The molecular weight excluding hydrogens is 333 g/mol. The van der Waals surface area contributed by atoms with E-state index in [0.717, 1.165) is 5.56 Å². The van der Waals surface area contributed by atoms with Gasteiger partial charge in [-0.05, 0) is 48.4 Å². The van der Waals surface area contributed by atoms with Crippen LogP contribution in [0.1, 0.15) is 16.2 Å². The number of carbonyl (C=O) groups is 1. The summed E-state index contributed by atoms with van der Waals surface area (Å²) in [6.45, 7) is 0.378. The molecule has 2 aromatic carbocycles. The second-order valence-electron chi connectivity index (χ2n) is 5.06. The third-order valence-electron chi connectivity index (χ3n) is 3.34. The van der Waals surface area contributed by atoms with Crippen molar-refractivity contribution in [2.24, 2.45) is 0 Å². The van der Waals surface area contributed by atoms with Gasteiger partial charge in [-0.2, -0.15) is 4.98 Å². The Labute approximate surface area is 142 Å². The molecule has 0 saturated carbocycles. The fourth-order valence-corrected chi connectivity index (χ4v) is 2.20. The molecule has 0 aliphatic rings. The molecule has 0 atom stereocenters. The summed E-state index contributed by atoms with van der Waals surface area (Å²) in [5, 5.41) is 7.07. The van der Waals surface area contributed by atoms with Gasteiger partial charge in [0.05, 0.1) is 0 Å². The van der Waals surface area contributed by atoms with Gasteiger partial charge >= 0.3 is 11.8 Å². The van der Waals surface area contributed by atoms with E-state index in [1.165, 1.54) is 12.1 Å². The van der Waals surface area contributed by atoms with Crippen LogP contribution in [0, 0.1) is 5.82 Å². The van der Waals surface area contributed by atoms with Gasteiger partial charge in [0.2, 0.25) is 5.82 Å². The minimum absolute atomic E-state index is 0.112. The zero-order valence-corrected chi connectivity index (χ0v) is 13.3. The summed E-state index contributed by atoms with van der Waals surface area (Å²) >= 11 is 5.82. The molecule has 1 heterocycles. The predicted octanol–water partition coefficient (Wildman–Crippen LogP) is 3.50. The van der Waals surface area contributed by atoms with Crippen molar-refractivity contribution >= 4 is 17.5 Å². The number of nitrogens with zero attached hydrogens (tertiary/aromatic N) is 2. The van der Waals surface area contributed by atoms with Crippen molar-refractivity contribution in [1.82, 2.24) is 15.5 Å². The van der Waals surface area contributed by atoms with Crippen molar-refractivity contribution in [2.75, 3.05) is 6.54 Å². The van der Waals surface area contributed by atoms with E-state index in [2.05, 4.69) is 15.5 Å². The number of aromatic nitrogens is 2. The van der Waals surface area contributed by atoms with E-state index in [9.17, 15) is 9.18 Å². The maximum absolute atomic E-state index is 12.8. The molecule has 7 heteroatoms. The first-order valence-corrected chi connectivity index (χ1v) is 7.62. The Morgan fingerprint density at radius 1 is 1.12 bits per heavy atom. The number of rotatable bonds is 5. The van der Waals surface area contributed by atoms with Crippen LogP contribution in [0.2, 0.25) is 5.02 Å². The SMILES string of the molecule is O=C(NCCc1ccc(F)cc1)c1nc(-c2ccc(Cl)cc2)no1. The predicted molar refractivity (Wildman–Crippen MR) is 87.2 cm³/mol. The maximum Gasteiger partial charge on any atom is 0.316 e. The second kappa shape index (κ2) is 7.23. The third kappa shape index (κ3) is 3.97. The summed E-state index contributed by atoms with van der Waals surface area (Å²) in [5.41, 5.74) is 1.62.